The Kier molecular flexibility index (Phi) is 3.80. The highest BCUT2D eigenvalue weighted by Gasteiger charge is 2.21. The third-order valence-corrected chi connectivity index (χ3v) is 2.76. The molecule has 2 rings (SSSR count). The van der Waals surface area contributed by atoms with Crippen molar-refractivity contribution in [3.05, 3.63) is 41.2 Å². The van der Waals surface area contributed by atoms with Gasteiger partial charge in [0.1, 0.15) is 16.9 Å². The normalized spacial score (nSPS) is 10.2. The molecule has 0 atom stereocenters. The topological polar surface area (TPSA) is 142 Å². The predicted octanol–water partition coefficient (Wildman–Crippen LogP) is 0.774. The predicted molar refractivity (Wildman–Crippen MR) is 73.2 cm³/mol. The van der Waals surface area contributed by atoms with Crippen molar-refractivity contribution in [1.82, 2.24) is 9.78 Å². The van der Waals surface area contributed by atoms with Gasteiger partial charge in [-0.05, 0) is 18.2 Å². The minimum absolute atomic E-state index is 0.0854. The summed E-state index contributed by atoms with van der Waals surface area (Å²) < 4.78 is 1.18. The lowest BCUT2D eigenvalue weighted by Gasteiger charge is -2.06. The Bertz CT molecular complexity index is 780. The number of carboxylic acid groups (broad SMARTS) is 2. The second kappa shape index (κ2) is 5.56. The van der Waals surface area contributed by atoms with Gasteiger partial charge in [0.2, 0.25) is 0 Å². The number of aryl methyl sites for hydroxylation is 1. The van der Waals surface area contributed by atoms with E-state index in [1.54, 1.807) is 0 Å². The van der Waals surface area contributed by atoms with Gasteiger partial charge in [-0.2, -0.15) is 5.10 Å². The number of amides is 1. The Labute approximate surface area is 123 Å². The molecular formula is C13H11N3O6. The lowest BCUT2D eigenvalue weighted by Crippen LogP contribution is -2.16. The summed E-state index contributed by atoms with van der Waals surface area (Å²) in [6, 6.07) is 3.44. The van der Waals surface area contributed by atoms with Crippen LogP contribution in [0.1, 0.15) is 31.2 Å². The van der Waals surface area contributed by atoms with Crippen molar-refractivity contribution in [2.75, 3.05) is 5.32 Å². The lowest BCUT2D eigenvalue weighted by molar-refractivity contribution is 0.0683. The molecule has 1 heterocycles. The van der Waals surface area contributed by atoms with Crippen molar-refractivity contribution in [2.45, 2.75) is 0 Å². The van der Waals surface area contributed by atoms with Crippen LogP contribution in [0.15, 0.2) is 24.4 Å². The van der Waals surface area contributed by atoms with Gasteiger partial charge in [-0.15, -0.1) is 0 Å². The minimum atomic E-state index is -1.36. The largest absolute Gasteiger partial charge is 0.507 e. The van der Waals surface area contributed by atoms with Gasteiger partial charge in [0, 0.05) is 18.9 Å². The minimum Gasteiger partial charge on any atom is -0.507 e. The summed E-state index contributed by atoms with van der Waals surface area (Å²) in [7, 11) is 1.46. The molecule has 1 aromatic heterocycles. The number of aromatic hydroxyl groups is 1. The molecule has 1 amide bonds. The number of phenols is 1. The molecule has 114 valence electrons. The molecule has 0 bridgehead atoms. The first-order valence-corrected chi connectivity index (χ1v) is 5.94. The van der Waals surface area contributed by atoms with Crippen molar-refractivity contribution in [3.63, 3.8) is 0 Å². The molecule has 0 aliphatic carbocycles. The smallest absolute Gasteiger partial charge is 0.339 e. The molecule has 22 heavy (non-hydrogen) atoms. The number of benzene rings is 1. The third-order valence-electron chi connectivity index (χ3n) is 2.76. The second-order valence-corrected chi connectivity index (χ2v) is 4.36. The van der Waals surface area contributed by atoms with Gasteiger partial charge in [-0.25, -0.2) is 9.59 Å². The Morgan fingerprint density at radius 2 is 1.77 bits per heavy atom. The van der Waals surface area contributed by atoms with Crippen LogP contribution in [-0.2, 0) is 7.05 Å². The zero-order chi connectivity index (χ0) is 16.4. The van der Waals surface area contributed by atoms with Crippen LogP contribution < -0.4 is 5.32 Å². The van der Waals surface area contributed by atoms with Crippen molar-refractivity contribution < 1.29 is 29.7 Å². The average molecular weight is 305 g/mol. The Hall–Kier alpha value is -3.36. The molecule has 1 aromatic carbocycles. The Balaban J connectivity index is 2.32. The van der Waals surface area contributed by atoms with Crippen molar-refractivity contribution >= 4 is 23.5 Å². The zero-order valence-electron chi connectivity index (χ0n) is 11.3. The van der Waals surface area contributed by atoms with E-state index >= 15 is 0 Å². The number of aromatic carboxylic acids is 2. The number of carbonyl (C=O) groups is 3. The maximum Gasteiger partial charge on any atom is 0.339 e. The summed E-state index contributed by atoms with van der Waals surface area (Å²) in [6.45, 7) is 0. The number of nitrogens with one attached hydrogen (secondary N) is 1. The van der Waals surface area contributed by atoms with Crippen LogP contribution in [0.2, 0.25) is 0 Å². The van der Waals surface area contributed by atoms with E-state index in [1.165, 1.54) is 24.0 Å². The van der Waals surface area contributed by atoms with E-state index in [0.717, 1.165) is 12.1 Å². The summed E-state index contributed by atoms with van der Waals surface area (Å²) in [5, 5.41) is 33.4. The highest BCUT2D eigenvalue weighted by Crippen LogP contribution is 2.22. The van der Waals surface area contributed by atoms with E-state index in [-0.39, 0.29) is 16.9 Å². The van der Waals surface area contributed by atoms with E-state index in [9.17, 15) is 19.5 Å². The molecule has 2 aromatic rings. The number of hydrogen-bond acceptors (Lipinski definition) is 5. The molecule has 0 aliphatic heterocycles. The molecule has 0 radical (unpaired) electrons. The first kappa shape index (κ1) is 15.0. The number of rotatable bonds is 4. The van der Waals surface area contributed by atoms with E-state index in [0.29, 0.717) is 0 Å². The van der Waals surface area contributed by atoms with Gasteiger partial charge in [0.15, 0.2) is 5.69 Å². The fraction of sp³-hybridized carbons (Fsp3) is 0.0769. The lowest BCUT2D eigenvalue weighted by atomic mass is 10.1. The molecule has 0 spiro atoms. The number of hydrogen-bond donors (Lipinski definition) is 4. The van der Waals surface area contributed by atoms with Gasteiger partial charge >= 0.3 is 11.9 Å². The number of anilines is 1. The van der Waals surface area contributed by atoms with Crippen LogP contribution in [0.3, 0.4) is 0 Å². The van der Waals surface area contributed by atoms with Gasteiger partial charge in [-0.1, -0.05) is 0 Å². The van der Waals surface area contributed by atoms with E-state index < -0.39 is 29.2 Å². The molecular weight excluding hydrogens is 294 g/mol. The monoisotopic (exact) mass is 305 g/mol. The van der Waals surface area contributed by atoms with Crippen molar-refractivity contribution in [3.8, 4) is 5.75 Å². The highest BCUT2D eigenvalue weighted by molar-refractivity contribution is 6.09. The summed E-state index contributed by atoms with van der Waals surface area (Å²) in [5.41, 5.74) is -0.892. The van der Waals surface area contributed by atoms with Crippen LogP contribution in [0, 0.1) is 0 Å². The Morgan fingerprint density at radius 3 is 2.36 bits per heavy atom. The maximum atomic E-state index is 12.1. The van der Waals surface area contributed by atoms with E-state index in [4.69, 9.17) is 10.2 Å². The second-order valence-electron chi connectivity index (χ2n) is 4.36. The summed E-state index contributed by atoms with van der Waals surface area (Å²) in [6.07, 6.45) is 1.18. The molecule has 9 nitrogen and oxygen atoms in total. The summed E-state index contributed by atoms with van der Waals surface area (Å²) in [5.74, 6) is -3.93. The quantitative estimate of drug-likeness (QED) is 0.611. The maximum absolute atomic E-state index is 12.1. The third kappa shape index (κ3) is 2.87. The van der Waals surface area contributed by atoms with Crippen molar-refractivity contribution in [2.24, 2.45) is 7.05 Å². The summed E-state index contributed by atoms with van der Waals surface area (Å²) in [4.78, 5) is 34.0. The van der Waals surface area contributed by atoms with Crippen molar-refractivity contribution in [1.29, 1.82) is 0 Å². The van der Waals surface area contributed by atoms with Crippen LogP contribution in [-0.4, -0.2) is 42.9 Å². The van der Waals surface area contributed by atoms with E-state index in [1.807, 2.05) is 0 Å². The van der Waals surface area contributed by atoms with Gasteiger partial charge < -0.3 is 20.6 Å². The van der Waals surface area contributed by atoms with Crippen LogP contribution in [0.4, 0.5) is 5.69 Å². The summed E-state index contributed by atoms with van der Waals surface area (Å²) >= 11 is 0. The van der Waals surface area contributed by atoms with Gasteiger partial charge in [0.25, 0.3) is 5.91 Å². The fourth-order valence-corrected chi connectivity index (χ4v) is 1.79. The number of nitrogens with zero attached hydrogens (tertiary/aromatic N) is 2. The molecule has 0 saturated carbocycles. The molecule has 9 heteroatoms. The average Bonchev–Trinajstić information content (AvgIpc) is 2.83. The standard InChI is InChI=1S/C13H11N3O6/c1-16-5-8(13(21)22)10(15-16)11(18)14-6-2-3-9(17)7(4-6)12(19)20/h2-5,17H,1H3,(H,14,18)(H,19,20)(H,21,22). The van der Waals surface area contributed by atoms with Crippen LogP contribution in [0.25, 0.3) is 0 Å². The van der Waals surface area contributed by atoms with Crippen LogP contribution in [0.5, 0.6) is 5.75 Å². The van der Waals surface area contributed by atoms with Gasteiger partial charge in [-0.3, -0.25) is 9.48 Å². The van der Waals surface area contributed by atoms with Gasteiger partial charge in [0.05, 0.1) is 0 Å². The SMILES string of the molecule is Cn1cc(C(=O)O)c(C(=O)Nc2ccc(O)c(C(=O)O)c2)n1. The number of aromatic nitrogens is 2. The molecule has 0 unspecified atom stereocenters. The highest BCUT2D eigenvalue weighted by atomic mass is 16.4. The molecule has 0 aliphatic rings. The number of carbonyl (C=O) groups excluding carboxylic acids is 1. The molecule has 0 fully saturated rings. The fourth-order valence-electron chi connectivity index (χ4n) is 1.79. The molecule has 0 saturated heterocycles. The van der Waals surface area contributed by atoms with Crippen LogP contribution >= 0.6 is 0 Å². The first-order chi connectivity index (χ1) is 10.3. The number of carboxylic acids is 2. The zero-order valence-corrected chi connectivity index (χ0v) is 11.3. The Morgan fingerprint density at radius 1 is 1.14 bits per heavy atom. The first-order valence-electron chi connectivity index (χ1n) is 5.94. The van der Waals surface area contributed by atoms with E-state index in [2.05, 4.69) is 10.4 Å². The molecule has 4 N–H and O–H groups in total.